The number of hydrogen-bond acceptors (Lipinski definition) is 3. The first-order valence-corrected chi connectivity index (χ1v) is 6.91. The van der Waals surface area contributed by atoms with Gasteiger partial charge in [-0.05, 0) is 32.4 Å². The van der Waals surface area contributed by atoms with Crippen molar-refractivity contribution in [1.82, 2.24) is 10.6 Å². The summed E-state index contributed by atoms with van der Waals surface area (Å²) in [6.45, 7) is 6.33. The van der Waals surface area contributed by atoms with E-state index in [0.29, 0.717) is 25.2 Å². The minimum absolute atomic E-state index is 0.292. The highest BCUT2D eigenvalue weighted by Gasteiger charge is 2.30. The van der Waals surface area contributed by atoms with Gasteiger partial charge >= 0.3 is 12.3 Å². The van der Waals surface area contributed by atoms with E-state index in [1.165, 1.54) is 6.07 Å². The molecule has 0 atom stereocenters. The summed E-state index contributed by atoms with van der Waals surface area (Å²) in [5.74, 6) is 0. The Bertz CT molecular complexity index is 496. The molecule has 0 aliphatic carbocycles. The predicted molar refractivity (Wildman–Crippen MR) is 77.4 cm³/mol. The molecule has 0 aliphatic rings. The zero-order valence-electron chi connectivity index (χ0n) is 12.9. The van der Waals surface area contributed by atoms with Crippen LogP contribution in [0.2, 0.25) is 0 Å². The zero-order valence-corrected chi connectivity index (χ0v) is 12.9. The Balaban J connectivity index is 2.30. The molecule has 1 rings (SSSR count). The number of carbonyl (C=O) groups excluding carboxylic acids is 1. The molecule has 124 valence electrons. The van der Waals surface area contributed by atoms with Crippen LogP contribution in [0.25, 0.3) is 0 Å². The van der Waals surface area contributed by atoms with E-state index >= 15 is 0 Å². The molecule has 1 aromatic rings. The molecule has 0 saturated heterocycles. The highest BCUT2D eigenvalue weighted by atomic mass is 19.4. The van der Waals surface area contributed by atoms with Gasteiger partial charge in [-0.2, -0.15) is 13.2 Å². The summed E-state index contributed by atoms with van der Waals surface area (Å²) in [4.78, 5) is 11.4. The summed E-state index contributed by atoms with van der Waals surface area (Å²) in [5.41, 5.74) is -0.694. The fraction of sp³-hybridized carbons (Fsp3) is 0.533. The van der Waals surface area contributed by atoms with E-state index in [1.54, 1.807) is 26.8 Å². The van der Waals surface area contributed by atoms with E-state index in [2.05, 4.69) is 10.6 Å². The predicted octanol–water partition coefficient (Wildman–Crippen LogP) is 3.32. The van der Waals surface area contributed by atoms with Crippen molar-refractivity contribution >= 4 is 6.09 Å². The SMILES string of the molecule is CC(C)(C)OC(=O)NCCNCc1cccc(C(F)(F)F)c1. The first kappa shape index (κ1) is 18.3. The molecule has 0 saturated carbocycles. The Labute approximate surface area is 128 Å². The molecule has 22 heavy (non-hydrogen) atoms. The highest BCUT2D eigenvalue weighted by molar-refractivity contribution is 5.67. The number of halogens is 3. The lowest BCUT2D eigenvalue weighted by atomic mass is 10.1. The van der Waals surface area contributed by atoms with Crippen LogP contribution in [0.4, 0.5) is 18.0 Å². The van der Waals surface area contributed by atoms with Crippen LogP contribution in [-0.2, 0) is 17.5 Å². The van der Waals surface area contributed by atoms with Gasteiger partial charge in [0.15, 0.2) is 0 Å². The van der Waals surface area contributed by atoms with Crippen molar-refractivity contribution in [2.75, 3.05) is 13.1 Å². The number of hydrogen-bond donors (Lipinski definition) is 2. The number of benzene rings is 1. The third kappa shape index (κ3) is 7.31. The van der Waals surface area contributed by atoms with Gasteiger partial charge in [0.1, 0.15) is 5.60 Å². The van der Waals surface area contributed by atoms with E-state index in [0.717, 1.165) is 12.1 Å². The maximum atomic E-state index is 12.6. The summed E-state index contributed by atoms with van der Waals surface area (Å²) in [5, 5.41) is 5.52. The molecule has 0 radical (unpaired) electrons. The quantitative estimate of drug-likeness (QED) is 0.819. The average Bonchev–Trinajstić information content (AvgIpc) is 2.35. The van der Waals surface area contributed by atoms with Crippen LogP contribution < -0.4 is 10.6 Å². The fourth-order valence-corrected chi connectivity index (χ4v) is 1.66. The molecule has 0 fully saturated rings. The second-order valence-corrected chi connectivity index (χ2v) is 5.80. The largest absolute Gasteiger partial charge is 0.444 e. The Morgan fingerprint density at radius 3 is 2.45 bits per heavy atom. The molecular formula is C15H21F3N2O2. The third-order valence-corrected chi connectivity index (χ3v) is 2.55. The van der Waals surface area contributed by atoms with Gasteiger partial charge in [-0.3, -0.25) is 0 Å². The van der Waals surface area contributed by atoms with E-state index in [9.17, 15) is 18.0 Å². The van der Waals surface area contributed by atoms with Gasteiger partial charge in [0.25, 0.3) is 0 Å². The molecule has 0 unspecified atom stereocenters. The molecule has 1 amide bonds. The van der Waals surface area contributed by atoms with E-state index < -0.39 is 23.4 Å². The van der Waals surface area contributed by atoms with Gasteiger partial charge in [-0.15, -0.1) is 0 Å². The van der Waals surface area contributed by atoms with Gasteiger partial charge in [0, 0.05) is 19.6 Å². The number of alkyl carbamates (subject to hydrolysis) is 1. The monoisotopic (exact) mass is 318 g/mol. The van der Waals surface area contributed by atoms with Crippen molar-refractivity contribution in [3.63, 3.8) is 0 Å². The second-order valence-electron chi connectivity index (χ2n) is 5.80. The maximum Gasteiger partial charge on any atom is 0.416 e. The molecule has 4 nitrogen and oxygen atoms in total. The number of alkyl halides is 3. The number of amides is 1. The van der Waals surface area contributed by atoms with Crippen molar-refractivity contribution in [1.29, 1.82) is 0 Å². The van der Waals surface area contributed by atoms with Crippen LogP contribution in [0, 0.1) is 0 Å². The first-order chi connectivity index (χ1) is 10.1. The lowest BCUT2D eigenvalue weighted by Crippen LogP contribution is -2.36. The molecule has 2 N–H and O–H groups in total. The molecule has 0 aliphatic heterocycles. The van der Waals surface area contributed by atoms with Crippen LogP contribution in [0.15, 0.2) is 24.3 Å². The molecule has 0 spiro atoms. The summed E-state index contributed by atoms with van der Waals surface area (Å²) in [7, 11) is 0. The summed E-state index contributed by atoms with van der Waals surface area (Å²) in [6, 6.07) is 5.13. The molecule has 1 aromatic carbocycles. The van der Waals surface area contributed by atoms with E-state index in [1.807, 2.05) is 0 Å². The van der Waals surface area contributed by atoms with Crippen molar-refractivity contribution in [3.05, 3.63) is 35.4 Å². The van der Waals surface area contributed by atoms with Crippen molar-refractivity contribution < 1.29 is 22.7 Å². The number of carbonyl (C=O) groups is 1. The topological polar surface area (TPSA) is 50.4 Å². The van der Waals surface area contributed by atoms with E-state index in [-0.39, 0.29) is 0 Å². The molecule has 0 bridgehead atoms. The normalized spacial score (nSPS) is 12.1. The Kier molecular flexibility index (Phi) is 6.22. The van der Waals surface area contributed by atoms with Gasteiger partial charge in [-0.1, -0.05) is 18.2 Å². The molecule has 7 heteroatoms. The number of nitrogens with one attached hydrogen (secondary N) is 2. The number of ether oxygens (including phenoxy) is 1. The van der Waals surface area contributed by atoms with Crippen LogP contribution in [0.3, 0.4) is 0 Å². The molecular weight excluding hydrogens is 297 g/mol. The van der Waals surface area contributed by atoms with Crippen LogP contribution >= 0.6 is 0 Å². The Hall–Kier alpha value is -1.76. The molecule has 0 aromatic heterocycles. The minimum Gasteiger partial charge on any atom is -0.444 e. The van der Waals surface area contributed by atoms with Crippen LogP contribution in [0.5, 0.6) is 0 Å². The average molecular weight is 318 g/mol. The van der Waals surface area contributed by atoms with E-state index in [4.69, 9.17) is 4.74 Å². The first-order valence-electron chi connectivity index (χ1n) is 6.91. The van der Waals surface area contributed by atoms with Gasteiger partial charge in [-0.25, -0.2) is 4.79 Å². The number of rotatable bonds is 5. The van der Waals surface area contributed by atoms with Gasteiger partial charge in [0.2, 0.25) is 0 Å². The minimum atomic E-state index is -4.34. The molecule has 0 heterocycles. The van der Waals surface area contributed by atoms with Crippen molar-refractivity contribution in [2.45, 2.75) is 39.1 Å². The maximum absolute atomic E-state index is 12.6. The van der Waals surface area contributed by atoms with Crippen LogP contribution in [0.1, 0.15) is 31.9 Å². The fourth-order valence-electron chi connectivity index (χ4n) is 1.66. The Morgan fingerprint density at radius 2 is 1.86 bits per heavy atom. The zero-order chi connectivity index (χ0) is 16.8. The van der Waals surface area contributed by atoms with Crippen LogP contribution in [-0.4, -0.2) is 24.8 Å². The standard InChI is InChI=1S/C15H21F3N2O2/c1-14(2,3)22-13(21)20-8-7-19-10-11-5-4-6-12(9-11)15(16,17)18/h4-6,9,19H,7-8,10H2,1-3H3,(H,20,21). The van der Waals surface area contributed by atoms with Crippen molar-refractivity contribution in [3.8, 4) is 0 Å². The van der Waals surface area contributed by atoms with Crippen molar-refractivity contribution in [2.24, 2.45) is 0 Å². The summed E-state index contributed by atoms with van der Waals surface area (Å²) >= 11 is 0. The smallest absolute Gasteiger partial charge is 0.416 e. The summed E-state index contributed by atoms with van der Waals surface area (Å²) < 4.78 is 42.7. The second kappa shape index (κ2) is 7.49. The lowest BCUT2D eigenvalue weighted by Gasteiger charge is -2.19. The lowest BCUT2D eigenvalue weighted by molar-refractivity contribution is -0.137. The third-order valence-electron chi connectivity index (χ3n) is 2.55. The van der Waals surface area contributed by atoms with Gasteiger partial charge in [0.05, 0.1) is 5.56 Å². The van der Waals surface area contributed by atoms with Gasteiger partial charge < -0.3 is 15.4 Å². The Morgan fingerprint density at radius 1 is 1.18 bits per heavy atom. The summed E-state index contributed by atoms with van der Waals surface area (Å²) in [6.07, 6.45) is -4.86. The highest BCUT2D eigenvalue weighted by Crippen LogP contribution is 2.29.